The lowest BCUT2D eigenvalue weighted by molar-refractivity contribution is -0.137. The third kappa shape index (κ3) is 5.08. The number of benzene rings is 1. The van der Waals surface area contributed by atoms with Crippen LogP contribution in [0.5, 0.6) is 0 Å². The summed E-state index contributed by atoms with van der Waals surface area (Å²) >= 11 is 0. The molecule has 24 heavy (non-hydrogen) atoms. The Morgan fingerprint density at radius 1 is 1.12 bits per heavy atom. The van der Waals surface area contributed by atoms with Gasteiger partial charge in [0.15, 0.2) is 0 Å². The van der Waals surface area contributed by atoms with E-state index in [1.54, 1.807) is 24.3 Å². The summed E-state index contributed by atoms with van der Waals surface area (Å²) in [4.78, 5) is 36.9. The van der Waals surface area contributed by atoms with Gasteiger partial charge in [0.1, 0.15) is 6.54 Å². The van der Waals surface area contributed by atoms with Gasteiger partial charge < -0.3 is 15.3 Å². The van der Waals surface area contributed by atoms with E-state index in [1.165, 1.54) is 4.90 Å². The molecule has 1 saturated carbocycles. The lowest BCUT2D eigenvalue weighted by Gasteiger charge is -2.20. The van der Waals surface area contributed by atoms with Crippen LogP contribution in [-0.2, 0) is 4.79 Å². The predicted molar refractivity (Wildman–Crippen MR) is 89.9 cm³/mol. The maximum absolute atomic E-state index is 12.5. The summed E-state index contributed by atoms with van der Waals surface area (Å²) in [5.74, 6) is -1.51. The highest BCUT2D eigenvalue weighted by molar-refractivity contribution is 5.98. The van der Waals surface area contributed by atoms with Crippen LogP contribution in [-0.4, -0.2) is 46.9 Å². The average Bonchev–Trinajstić information content (AvgIpc) is 3.33. The van der Waals surface area contributed by atoms with E-state index in [0.29, 0.717) is 17.7 Å². The lowest BCUT2D eigenvalue weighted by atomic mass is 9.97. The molecule has 0 aromatic heterocycles. The molecule has 0 unspecified atom stereocenters. The number of carboxylic acids is 1. The predicted octanol–water partition coefficient (Wildman–Crippen LogP) is 2.15. The molecular weight excluding hydrogens is 308 g/mol. The van der Waals surface area contributed by atoms with Crippen molar-refractivity contribution in [1.82, 2.24) is 10.2 Å². The van der Waals surface area contributed by atoms with Crippen molar-refractivity contribution in [2.45, 2.75) is 39.7 Å². The van der Waals surface area contributed by atoms with E-state index < -0.39 is 5.97 Å². The number of nitrogens with one attached hydrogen (secondary N) is 1. The summed E-state index contributed by atoms with van der Waals surface area (Å²) in [6.07, 6.45) is 1.68. The molecule has 1 aliphatic carbocycles. The zero-order chi connectivity index (χ0) is 17.9. The van der Waals surface area contributed by atoms with Crippen molar-refractivity contribution in [3.8, 4) is 0 Å². The minimum Gasteiger partial charge on any atom is -0.480 e. The molecule has 6 nitrogen and oxygen atoms in total. The molecule has 0 spiro atoms. The smallest absolute Gasteiger partial charge is 0.323 e. The number of hydrogen-bond donors (Lipinski definition) is 2. The summed E-state index contributed by atoms with van der Waals surface area (Å²) in [7, 11) is 0. The first-order chi connectivity index (χ1) is 11.2. The van der Waals surface area contributed by atoms with Crippen LogP contribution >= 0.6 is 0 Å². The number of aliphatic carboxylic acids is 1. The Bertz CT molecular complexity index is 627. The zero-order valence-corrected chi connectivity index (χ0v) is 14.3. The largest absolute Gasteiger partial charge is 0.480 e. The van der Waals surface area contributed by atoms with Crippen molar-refractivity contribution in [2.24, 2.45) is 5.41 Å². The van der Waals surface area contributed by atoms with Gasteiger partial charge in [0, 0.05) is 23.7 Å². The number of carboxylic acid groups (broad SMARTS) is 1. The maximum atomic E-state index is 12.5. The van der Waals surface area contributed by atoms with Gasteiger partial charge in [-0.05, 0) is 42.5 Å². The molecule has 1 aromatic rings. The minimum absolute atomic E-state index is 0.00678. The zero-order valence-electron chi connectivity index (χ0n) is 14.3. The Labute approximate surface area is 141 Å². The highest BCUT2D eigenvalue weighted by atomic mass is 16.4. The Morgan fingerprint density at radius 3 is 2.12 bits per heavy atom. The number of nitrogens with zero attached hydrogens (tertiary/aromatic N) is 1. The van der Waals surface area contributed by atoms with Gasteiger partial charge in [0.05, 0.1) is 0 Å². The average molecular weight is 332 g/mol. The van der Waals surface area contributed by atoms with Crippen LogP contribution in [0, 0.1) is 5.41 Å². The summed E-state index contributed by atoms with van der Waals surface area (Å²) in [6.45, 7) is 6.36. The Morgan fingerprint density at radius 2 is 1.67 bits per heavy atom. The van der Waals surface area contributed by atoms with Crippen LogP contribution in [0.4, 0.5) is 0 Å². The second-order valence-corrected chi connectivity index (χ2v) is 7.38. The Hall–Kier alpha value is -2.37. The van der Waals surface area contributed by atoms with Crippen LogP contribution in [0.3, 0.4) is 0 Å². The number of carbonyl (C=O) groups excluding carboxylic acids is 2. The third-order valence-electron chi connectivity index (χ3n) is 3.73. The molecule has 0 radical (unpaired) electrons. The van der Waals surface area contributed by atoms with Gasteiger partial charge in [-0.25, -0.2) is 0 Å². The second kappa shape index (κ2) is 7.03. The van der Waals surface area contributed by atoms with Gasteiger partial charge in [-0.1, -0.05) is 20.8 Å². The fraction of sp³-hybridized carbons (Fsp3) is 0.500. The molecule has 2 rings (SSSR count). The maximum Gasteiger partial charge on any atom is 0.323 e. The Balaban J connectivity index is 2.03. The van der Waals surface area contributed by atoms with E-state index in [0.717, 1.165) is 12.8 Å². The van der Waals surface area contributed by atoms with Crippen LogP contribution in [0.25, 0.3) is 0 Å². The van der Waals surface area contributed by atoms with E-state index in [4.69, 9.17) is 5.11 Å². The molecule has 0 saturated heterocycles. The topological polar surface area (TPSA) is 86.7 Å². The van der Waals surface area contributed by atoms with Crippen molar-refractivity contribution in [1.29, 1.82) is 0 Å². The Kier molecular flexibility index (Phi) is 5.26. The SMILES string of the molecule is CC(C)(C)CNC(=O)c1ccc(C(=O)N(CC(=O)O)C2CC2)cc1. The van der Waals surface area contributed by atoms with Crippen molar-refractivity contribution < 1.29 is 19.5 Å². The van der Waals surface area contributed by atoms with Crippen molar-refractivity contribution in [2.75, 3.05) is 13.1 Å². The van der Waals surface area contributed by atoms with Crippen LogP contribution in [0.1, 0.15) is 54.3 Å². The molecule has 0 heterocycles. The first-order valence-electron chi connectivity index (χ1n) is 8.08. The summed E-state index contributed by atoms with van der Waals surface area (Å²) < 4.78 is 0. The first kappa shape index (κ1) is 18.0. The van der Waals surface area contributed by atoms with E-state index in [-0.39, 0.29) is 29.8 Å². The fourth-order valence-electron chi connectivity index (χ4n) is 2.28. The second-order valence-electron chi connectivity index (χ2n) is 7.38. The van der Waals surface area contributed by atoms with E-state index in [1.807, 2.05) is 20.8 Å². The first-order valence-corrected chi connectivity index (χ1v) is 8.08. The van der Waals surface area contributed by atoms with Crippen LogP contribution in [0.2, 0.25) is 0 Å². The van der Waals surface area contributed by atoms with Gasteiger partial charge >= 0.3 is 5.97 Å². The standard InChI is InChI=1S/C18H24N2O4/c1-18(2,3)11-19-16(23)12-4-6-13(7-5-12)17(24)20(10-15(21)22)14-8-9-14/h4-7,14H,8-11H2,1-3H3,(H,19,23)(H,21,22). The molecule has 2 N–H and O–H groups in total. The molecular formula is C18H24N2O4. The number of carbonyl (C=O) groups is 3. The molecule has 6 heteroatoms. The summed E-state index contributed by atoms with van der Waals surface area (Å²) in [5, 5.41) is 11.8. The molecule has 130 valence electrons. The summed E-state index contributed by atoms with van der Waals surface area (Å²) in [6, 6.07) is 6.36. The van der Waals surface area contributed by atoms with E-state index in [9.17, 15) is 14.4 Å². The van der Waals surface area contributed by atoms with Gasteiger partial charge in [-0.3, -0.25) is 14.4 Å². The van der Waals surface area contributed by atoms with Crippen LogP contribution in [0.15, 0.2) is 24.3 Å². The van der Waals surface area contributed by atoms with E-state index >= 15 is 0 Å². The molecule has 1 aromatic carbocycles. The molecule has 1 aliphatic rings. The monoisotopic (exact) mass is 332 g/mol. The number of amides is 2. The normalized spacial score (nSPS) is 14.1. The molecule has 1 fully saturated rings. The highest BCUT2D eigenvalue weighted by Crippen LogP contribution is 2.28. The number of hydrogen-bond acceptors (Lipinski definition) is 3. The third-order valence-corrected chi connectivity index (χ3v) is 3.73. The molecule has 2 amide bonds. The highest BCUT2D eigenvalue weighted by Gasteiger charge is 2.34. The number of rotatable bonds is 6. The quantitative estimate of drug-likeness (QED) is 0.836. The van der Waals surface area contributed by atoms with Crippen molar-refractivity contribution in [3.63, 3.8) is 0 Å². The van der Waals surface area contributed by atoms with Crippen LogP contribution < -0.4 is 5.32 Å². The van der Waals surface area contributed by atoms with Gasteiger partial charge in [0.25, 0.3) is 11.8 Å². The fourth-order valence-corrected chi connectivity index (χ4v) is 2.28. The van der Waals surface area contributed by atoms with Gasteiger partial charge in [-0.15, -0.1) is 0 Å². The lowest BCUT2D eigenvalue weighted by Crippen LogP contribution is -2.37. The van der Waals surface area contributed by atoms with E-state index in [2.05, 4.69) is 5.32 Å². The summed E-state index contributed by atoms with van der Waals surface area (Å²) in [5.41, 5.74) is 0.871. The van der Waals surface area contributed by atoms with Gasteiger partial charge in [0.2, 0.25) is 0 Å². The minimum atomic E-state index is -1.02. The molecule has 0 atom stereocenters. The van der Waals surface area contributed by atoms with Gasteiger partial charge in [-0.2, -0.15) is 0 Å². The van der Waals surface area contributed by atoms with Crippen molar-refractivity contribution in [3.05, 3.63) is 35.4 Å². The molecule has 0 bridgehead atoms. The molecule has 0 aliphatic heterocycles. The van der Waals surface area contributed by atoms with Crippen molar-refractivity contribution >= 4 is 17.8 Å².